The average molecular weight is 355 g/mol. The number of nitrogens with one attached hydrogen (secondary N) is 1. The van der Waals surface area contributed by atoms with Crippen molar-refractivity contribution in [1.82, 2.24) is 15.2 Å². The van der Waals surface area contributed by atoms with E-state index in [1.165, 1.54) is 0 Å². The van der Waals surface area contributed by atoms with E-state index in [2.05, 4.69) is 10.3 Å². The Morgan fingerprint density at radius 2 is 1.92 bits per heavy atom. The molecule has 0 bridgehead atoms. The Kier molecular flexibility index (Phi) is 5.94. The fourth-order valence-corrected chi connectivity index (χ4v) is 3.04. The molecule has 2 aromatic rings. The molecule has 1 atom stereocenters. The number of urea groups is 1. The van der Waals surface area contributed by atoms with Gasteiger partial charge < -0.3 is 19.7 Å². The van der Waals surface area contributed by atoms with Crippen LogP contribution >= 0.6 is 0 Å². The molecule has 0 radical (unpaired) electrons. The number of hydrogen-bond donors (Lipinski definition) is 1. The van der Waals surface area contributed by atoms with Gasteiger partial charge in [0.25, 0.3) is 0 Å². The zero-order chi connectivity index (χ0) is 18.4. The highest BCUT2D eigenvalue weighted by Crippen LogP contribution is 2.20. The van der Waals surface area contributed by atoms with Gasteiger partial charge in [0.1, 0.15) is 17.6 Å². The quantitative estimate of drug-likeness (QED) is 0.893. The van der Waals surface area contributed by atoms with E-state index >= 15 is 0 Å². The molecule has 0 unspecified atom stereocenters. The molecule has 6 heteroatoms. The lowest BCUT2D eigenvalue weighted by molar-refractivity contribution is 0.110. The minimum Gasteiger partial charge on any atom is -0.497 e. The van der Waals surface area contributed by atoms with Crippen LogP contribution in [0, 0.1) is 0 Å². The number of amides is 2. The molecule has 1 aromatic heterocycles. The number of methoxy groups -OCH3 is 1. The van der Waals surface area contributed by atoms with E-state index in [4.69, 9.17) is 9.47 Å². The first-order valence-corrected chi connectivity index (χ1v) is 8.92. The van der Waals surface area contributed by atoms with Crippen molar-refractivity contribution < 1.29 is 14.3 Å². The number of carbonyl (C=O) groups is 1. The van der Waals surface area contributed by atoms with Crippen LogP contribution in [0.4, 0.5) is 4.79 Å². The summed E-state index contributed by atoms with van der Waals surface area (Å²) >= 11 is 0. The topological polar surface area (TPSA) is 63.7 Å². The number of rotatable bonds is 5. The molecule has 1 aromatic carbocycles. The number of pyridine rings is 1. The lowest BCUT2D eigenvalue weighted by atomic mass is 10.1. The molecule has 0 aliphatic carbocycles. The van der Waals surface area contributed by atoms with E-state index < -0.39 is 0 Å². The molecule has 2 heterocycles. The molecule has 0 spiro atoms. The lowest BCUT2D eigenvalue weighted by Crippen LogP contribution is -2.47. The molecule has 1 fully saturated rings. The number of likely N-dealkylation sites (tertiary alicyclic amines) is 1. The fourth-order valence-electron chi connectivity index (χ4n) is 3.04. The van der Waals surface area contributed by atoms with E-state index in [9.17, 15) is 4.79 Å². The first kappa shape index (κ1) is 18.0. The van der Waals surface area contributed by atoms with Gasteiger partial charge in [-0.2, -0.15) is 0 Å². The highest BCUT2D eigenvalue weighted by Gasteiger charge is 2.24. The normalized spacial score (nSPS) is 16.0. The molecule has 1 saturated heterocycles. The minimum absolute atomic E-state index is 0.0341. The number of benzene rings is 1. The first-order chi connectivity index (χ1) is 12.7. The zero-order valence-electron chi connectivity index (χ0n) is 15.2. The standard InChI is InChI=1S/C20H25N3O3/c1-15(16-5-7-17(25-2)8-6-16)22-20(24)23-12-9-18(10-13-23)26-19-4-3-11-21-14-19/h3-8,11,14-15,18H,9-10,12-13H2,1-2H3,(H,22,24)/t15-/m0/s1. The van der Waals surface area contributed by atoms with Crippen molar-refractivity contribution in [3.63, 3.8) is 0 Å². The van der Waals surface area contributed by atoms with Crippen molar-refractivity contribution in [3.8, 4) is 11.5 Å². The zero-order valence-corrected chi connectivity index (χ0v) is 15.2. The second-order valence-electron chi connectivity index (χ2n) is 6.44. The van der Waals surface area contributed by atoms with Crippen LogP contribution in [0.3, 0.4) is 0 Å². The third-order valence-electron chi connectivity index (χ3n) is 4.62. The predicted molar refractivity (Wildman–Crippen MR) is 99.4 cm³/mol. The Balaban J connectivity index is 1.47. The van der Waals surface area contributed by atoms with Crippen LogP contribution in [-0.2, 0) is 0 Å². The van der Waals surface area contributed by atoms with Crippen molar-refractivity contribution in [3.05, 3.63) is 54.4 Å². The summed E-state index contributed by atoms with van der Waals surface area (Å²) in [6, 6.07) is 11.4. The van der Waals surface area contributed by atoms with Crippen molar-refractivity contribution in [2.45, 2.75) is 31.9 Å². The molecule has 1 N–H and O–H groups in total. The van der Waals surface area contributed by atoms with Crippen LogP contribution in [0.1, 0.15) is 31.4 Å². The Labute approximate surface area is 154 Å². The average Bonchev–Trinajstić information content (AvgIpc) is 2.69. The molecule has 26 heavy (non-hydrogen) atoms. The summed E-state index contributed by atoms with van der Waals surface area (Å²) in [7, 11) is 1.64. The van der Waals surface area contributed by atoms with Crippen LogP contribution < -0.4 is 14.8 Å². The van der Waals surface area contributed by atoms with Crippen molar-refractivity contribution in [1.29, 1.82) is 0 Å². The number of aromatic nitrogens is 1. The van der Waals surface area contributed by atoms with Crippen molar-refractivity contribution >= 4 is 6.03 Å². The van der Waals surface area contributed by atoms with E-state index in [0.29, 0.717) is 13.1 Å². The van der Waals surface area contributed by atoms with Gasteiger partial charge in [-0.05, 0) is 36.8 Å². The van der Waals surface area contributed by atoms with E-state index in [1.54, 1.807) is 19.5 Å². The molecule has 1 aliphatic rings. The minimum atomic E-state index is -0.0576. The van der Waals surface area contributed by atoms with Crippen molar-refractivity contribution in [2.75, 3.05) is 20.2 Å². The van der Waals surface area contributed by atoms with Crippen LogP contribution in [-0.4, -0.2) is 42.2 Å². The van der Waals surface area contributed by atoms with E-state index in [0.717, 1.165) is 29.9 Å². The maximum absolute atomic E-state index is 12.5. The van der Waals surface area contributed by atoms with Gasteiger partial charge in [-0.25, -0.2) is 4.79 Å². The summed E-state index contributed by atoms with van der Waals surface area (Å²) in [6.45, 7) is 3.36. The molecular weight excluding hydrogens is 330 g/mol. The van der Waals surface area contributed by atoms with Gasteiger partial charge in [0.05, 0.1) is 19.3 Å². The molecule has 2 amide bonds. The maximum atomic E-state index is 12.5. The Bertz CT molecular complexity index is 698. The van der Waals surface area contributed by atoms with Gasteiger partial charge in [-0.3, -0.25) is 4.98 Å². The predicted octanol–water partition coefficient (Wildman–Crippen LogP) is 3.40. The SMILES string of the molecule is COc1ccc([C@H](C)NC(=O)N2CCC(Oc3cccnc3)CC2)cc1. The molecule has 6 nitrogen and oxygen atoms in total. The number of hydrogen-bond acceptors (Lipinski definition) is 4. The maximum Gasteiger partial charge on any atom is 0.317 e. The van der Waals surface area contributed by atoms with Gasteiger partial charge in [0, 0.05) is 32.1 Å². The van der Waals surface area contributed by atoms with E-state index in [-0.39, 0.29) is 18.2 Å². The highest BCUT2D eigenvalue weighted by atomic mass is 16.5. The Morgan fingerprint density at radius 1 is 1.19 bits per heavy atom. The van der Waals surface area contributed by atoms with Gasteiger partial charge in [0.2, 0.25) is 0 Å². The van der Waals surface area contributed by atoms with Crippen molar-refractivity contribution in [2.24, 2.45) is 0 Å². The molecular formula is C20H25N3O3. The second-order valence-corrected chi connectivity index (χ2v) is 6.44. The van der Waals surface area contributed by atoms with Gasteiger partial charge >= 0.3 is 6.03 Å². The third-order valence-corrected chi connectivity index (χ3v) is 4.62. The summed E-state index contributed by atoms with van der Waals surface area (Å²) in [5.74, 6) is 1.59. The third kappa shape index (κ3) is 4.65. The van der Waals surface area contributed by atoms with E-state index in [1.807, 2.05) is 48.2 Å². The Morgan fingerprint density at radius 3 is 2.54 bits per heavy atom. The summed E-state index contributed by atoms with van der Waals surface area (Å²) in [6.07, 6.45) is 5.21. The largest absolute Gasteiger partial charge is 0.497 e. The number of nitrogens with zero attached hydrogens (tertiary/aromatic N) is 2. The molecule has 3 rings (SSSR count). The molecule has 1 aliphatic heterocycles. The number of piperidine rings is 1. The summed E-state index contributed by atoms with van der Waals surface area (Å²) in [4.78, 5) is 18.4. The Hall–Kier alpha value is -2.76. The van der Waals surface area contributed by atoms with Crippen LogP contribution in [0.2, 0.25) is 0 Å². The van der Waals surface area contributed by atoms with Crippen LogP contribution in [0.15, 0.2) is 48.8 Å². The smallest absolute Gasteiger partial charge is 0.317 e. The fraction of sp³-hybridized carbons (Fsp3) is 0.400. The second kappa shape index (κ2) is 8.56. The van der Waals surface area contributed by atoms with Gasteiger partial charge in [-0.1, -0.05) is 12.1 Å². The highest BCUT2D eigenvalue weighted by molar-refractivity contribution is 5.74. The number of ether oxygens (including phenoxy) is 2. The summed E-state index contributed by atoms with van der Waals surface area (Å²) < 4.78 is 11.1. The monoisotopic (exact) mass is 355 g/mol. The lowest BCUT2D eigenvalue weighted by Gasteiger charge is -2.33. The summed E-state index contributed by atoms with van der Waals surface area (Å²) in [5.41, 5.74) is 1.05. The molecule has 138 valence electrons. The summed E-state index contributed by atoms with van der Waals surface area (Å²) in [5, 5.41) is 3.06. The first-order valence-electron chi connectivity index (χ1n) is 8.92. The number of carbonyl (C=O) groups excluding carboxylic acids is 1. The van der Waals surface area contributed by atoms with Gasteiger partial charge in [0.15, 0.2) is 0 Å². The molecule has 0 saturated carbocycles. The van der Waals surface area contributed by atoms with Crippen LogP contribution in [0.5, 0.6) is 11.5 Å². The van der Waals surface area contributed by atoms with Crippen LogP contribution in [0.25, 0.3) is 0 Å². The van der Waals surface area contributed by atoms with Gasteiger partial charge in [-0.15, -0.1) is 0 Å².